The number of nitrogens with zero attached hydrogens (tertiary/aromatic N) is 1. The molecule has 0 saturated carbocycles. The molecule has 0 fully saturated rings. The highest BCUT2D eigenvalue weighted by molar-refractivity contribution is 6.33. The molecule has 0 aliphatic carbocycles. The number of carbonyl (C=O) groups is 2. The van der Waals surface area contributed by atoms with Gasteiger partial charge in [0.25, 0.3) is 0 Å². The van der Waals surface area contributed by atoms with Gasteiger partial charge in [0, 0.05) is 24.8 Å². The Labute approximate surface area is 237 Å². The zero-order valence-corrected chi connectivity index (χ0v) is 22.6. The first-order valence-electron chi connectivity index (χ1n) is 12.6. The molecule has 1 unspecified atom stereocenters. The lowest BCUT2D eigenvalue weighted by Gasteiger charge is -2.27. The summed E-state index contributed by atoms with van der Waals surface area (Å²) < 4.78 is 10.6. The Hall–Kier alpha value is -4.25. The first-order valence-corrected chi connectivity index (χ1v) is 13.0. The number of hydrogen-bond acceptors (Lipinski definition) is 6. The lowest BCUT2D eigenvalue weighted by atomic mass is 9.99. The van der Waals surface area contributed by atoms with E-state index in [1.54, 1.807) is 36.3 Å². The van der Waals surface area contributed by atoms with Crippen molar-refractivity contribution in [2.45, 2.75) is 12.5 Å². The Balaban J connectivity index is 1.28. The van der Waals surface area contributed by atoms with Crippen LogP contribution in [0.2, 0.25) is 5.02 Å². The van der Waals surface area contributed by atoms with Crippen molar-refractivity contribution in [2.75, 3.05) is 49.4 Å². The summed E-state index contributed by atoms with van der Waals surface area (Å²) in [7, 11) is 1.55. The molecular weight excluding hydrogens is 536 g/mol. The SMILES string of the molecule is COc1ccccc1NC(=O)Nc1ccc(C2=CCN(C(=O)Nc3ccc(OCC(O)CO)cc3Cl)CC2)cc1. The number of methoxy groups -OCH3 is 1. The number of benzene rings is 3. The molecule has 4 amide bonds. The minimum atomic E-state index is -0.985. The Kier molecular flexibility index (Phi) is 9.85. The van der Waals surface area contributed by atoms with E-state index in [1.165, 1.54) is 6.07 Å². The van der Waals surface area contributed by atoms with Crippen molar-refractivity contribution in [1.29, 1.82) is 0 Å². The van der Waals surface area contributed by atoms with Crippen molar-refractivity contribution in [3.05, 3.63) is 83.4 Å². The van der Waals surface area contributed by atoms with Crippen molar-refractivity contribution in [2.24, 2.45) is 0 Å². The molecule has 40 heavy (non-hydrogen) atoms. The molecule has 210 valence electrons. The fourth-order valence-corrected chi connectivity index (χ4v) is 4.26. The molecule has 1 aliphatic rings. The molecule has 1 aliphatic heterocycles. The molecule has 5 N–H and O–H groups in total. The van der Waals surface area contributed by atoms with Gasteiger partial charge in [-0.05, 0) is 54.0 Å². The summed E-state index contributed by atoms with van der Waals surface area (Å²) in [6, 6.07) is 18.8. The van der Waals surface area contributed by atoms with Crippen molar-refractivity contribution in [3.8, 4) is 11.5 Å². The van der Waals surface area contributed by atoms with E-state index in [2.05, 4.69) is 16.0 Å². The van der Waals surface area contributed by atoms with Gasteiger partial charge in [0.1, 0.15) is 24.2 Å². The van der Waals surface area contributed by atoms with Gasteiger partial charge in [-0.1, -0.05) is 41.9 Å². The lowest BCUT2D eigenvalue weighted by molar-refractivity contribution is 0.0536. The number of nitrogens with one attached hydrogen (secondary N) is 3. The molecule has 0 aromatic heterocycles. The third-order valence-corrected chi connectivity index (χ3v) is 6.51. The summed E-state index contributed by atoms with van der Waals surface area (Å²) >= 11 is 6.29. The highest BCUT2D eigenvalue weighted by Gasteiger charge is 2.19. The molecular formula is C29H31ClN4O6. The van der Waals surface area contributed by atoms with Gasteiger partial charge in [-0.15, -0.1) is 0 Å². The molecule has 10 nitrogen and oxygen atoms in total. The van der Waals surface area contributed by atoms with Crippen LogP contribution in [-0.2, 0) is 0 Å². The van der Waals surface area contributed by atoms with Gasteiger partial charge in [0.2, 0.25) is 0 Å². The van der Waals surface area contributed by atoms with Crippen LogP contribution < -0.4 is 25.4 Å². The quantitative estimate of drug-likeness (QED) is 0.246. The number of rotatable bonds is 9. The Morgan fingerprint density at radius 3 is 2.48 bits per heavy atom. The van der Waals surface area contributed by atoms with Crippen LogP contribution in [0, 0.1) is 0 Å². The summed E-state index contributed by atoms with van der Waals surface area (Å²) in [5.74, 6) is 0.988. The molecule has 1 atom stereocenters. The van der Waals surface area contributed by atoms with Crippen molar-refractivity contribution in [1.82, 2.24) is 4.90 Å². The Bertz CT molecular complexity index is 1360. The summed E-state index contributed by atoms with van der Waals surface area (Å²) in [5.41, 5.74) is 3.78. The molecule has 4 rings (SSSR count). The third kappa shape index (κ3) is 7.66. The fourth-order valence-electron chi connectivity index (χ4n) is 4.04. The second kappa shape index (κ2) is 13.7. The standard InChI is InChI=1S/C29H31ClN4O6/c1-39-27-5-3-2-4-26(27)32-28(37)31-21-8-6-19(7-9-21)20-12-14-34(15-13-20)29(38)33-25-11-10-23(16-24(25)30)40-18-22(36)17-35/h2-12,16,22,35-36H,13-15,17-18H2,1H3,(H,33,38)(H2,31,32,37). The van der Waals surface area contributed by atoms with Crippen LogP contribution in [0.1, 0.15) is 12.0 Å². The van der Waals surface area contributed by atoms with Crippen molar-refractivity contribution in [3.63, 3.8) is 0 Å². The summed E-state index contributed by atoms with van der Waals surface area (Å²) in [5, 5.41) is 27.0. The summed E-state index contributed by atoms with van der Waals surface area (Å²) in [6.07, 6.45) is 1.69. The number of hydrogen-bond donors (Lipinski definition) is 5. The normalized spacial score (nSPS) is 13.6. The van der Waals surface area contributed by atoms with Crippen LogP contribution in [0.15, 0.2) is 72.8 Å². The van der Waals surface area contributed by atoms with Crippen LogP contribution in [0.3, 0.4) is 0 Å². The van der Waals surface area contributed by atoms with E-state index in [1.807, 2.05) is 42.5 Å². The number of amides is 4. The highest BCUT2D eigenvalue weighted by atomic mass is 35.5. The number of urea groups is 2. The fraction of sp³-hybridized carbons (Fsp3) is 0.241. The van der Waals surface area contributed by atoms with Gasteiger partial charge in [-0.2, -0.15) is 0 Å². The first kappa shape index (κ1) is 28.8. The summed E-state index contributed by atoms with van der Waals surface area (Å²) in [4.78, 5) is 26.9. The highest BCUT2D eigenvalue weighted by Crippen LogP contribution is 2.29. The molecule has 0 bridgehead atoms. The molecule has 0 spiro atoms. The molecule has 1 heterocycles. The first-order chi connectivity index (χ1) is 19.4. The van der Waals surface area contributed by atoms with Gasteiger partial charge < -0.3 is 40.5 Å². The van der Waals surface area contributed by atoms with Crippen LogP contribution in [0.25, 0.3) is 5.57 Å². The smallest absolute Gasteiger partial charge is 0.323 e. The van der Waals surface area contributed by atoms with E-state index in [0.29, 0.717) is 53.1 Å². The third-order valence-electron chi connectivity index (χ3n) is 6.20. The van der Waals surface area contributed by atoms with Crippen LogP contribution >= 0.6 is 11.6 Å². The zero-order chi connectivity index (χ0) is 28.5. The number of aliphatic hydroxyl groups is 2. The molecule has 0 saturated heterocycles. The maximum absolute atomic E-state index is 12.8. The van der Waals surface area contributed by atoms with Gasteiger partial charge in [-0.25, -0.2) is 9.59 Å². The Morgan fingerprint density at radius 2 is 1.80 bits per heavy atom. The lowest BCUT2D eigenvalue weighted by Crippen LogP contribution is -2.37. The monoisotopic (exact) mass is 566 g/mol. The molecule has 11 heteroatoms. The molecule has 3 aromatic rings. The number of anilines is 3. The number of aliphatic hydroxyl groups excluding tert-OH is 2. The Morgan fingerprint density at radius 1 is 1.02 bits per heavy atom. The van der Waals surface area contributed by atoms with E-state index < -0.39 is 12.7 Å². The van der Waals surface area contributed by atoms with Gasteiger partial charge in [0.15, 0.2) is 0 Å². The molecule has 3 aromatic carbocycles. The van der Waals surface area contributed by atoms with E-state index in [-0.39, 0.29) is 18.7 Å². The summed E-state index contributed by atoms with van der Waals surface area (Å²) in [6.45, 7) is 0.483. The van der Waals surface area contributed by atoms with Crippen molar-refractivity contribution >= 4 is 46.3 Å². The average molecular weight is 567 g/mol. The van der Waals surface area contributed by atoms with Crippen LogP contribution in [0.5, 0.6) is 11.5 Å². The minimum Gasteiger partial charge on any atom is -0.495 e. The topological polar surface area (TPSA) is 132 Å². The van der Waals surface area contributed by atoms with Crippen molar-refractivity contribution < 1.29 is 29.3 Å². The van der Waals surface area contributed by atoms with Crippen LogP contribution in [-0.4, -0.2) is 66.7 Å². The predicted octanol–water partition coefficient (Wildman–Crippen LogP) is 5.05. The number of carbonyl (C=O) groups excluding carboxylic acids is 2. The second-order valence-corrected chi connectivity index (χ2v) is 9.41. The van der Waals surface area contributed by atoms with E-state index in [4.69, 9.17) is 26.2 Å². The van der Waals surface area contributed by atoms with Gasteiger partial charge in [0.05, 0.1) is 30.1 Å². The minimum absolute atomic E-state index is 0.0700. The van der Waals surface area contributed by atoms with E-state index in [9.17, 15) is 14.7 Å². The average Bonchev–Trinajstić information content (AvgIpc) is 2.97. The maximum Gasteiger partial charge on any atom is 0.323 e. The number of para-hydroxylation sites is 2. The number of ether oxygens (including phenoxy) is 2. The second-order valence-electron chi connectivity index (χ2n) is 9.00. The van der Waals surface area contributed by atoms with E-state index in [0.717, 1.165) is 11.1 Å². The van der Waals surface area contributed by atoms with Gasteiger partial charge in [-0.3, -0.25) is 0 Å². The number of halogens is 1. The maximum atomic E-state index is 12.8. The van der Waals surface area contributed by atoms with E-state index >= 15 is 0 Å². The van der Waals surface area contributed by atoms with Crippen LogP contribution in [0.4, 0.5) is 26.7 Å². The zero-order valence-electron chi connectivity index (χ0n) is 21.9. The molecule has 0 radical (unpaired) electrons. The largest absolute Gasteiger partial charge is 0.495 e. The predicted molar refractivity (Wildman–Crippen MR) is 155 cm³/mol. The van der Waals surface area contributed by atoms with Gasteiger partial charge >= 0.3 is 12.1 Å².